The van der Waals surface area contributed by atoms with Gasteiger partial charge in [0.2, 0.25) is 16.0 Å². The molecule has 3 heterocycles. The van der Waals surface area contributed by atoms with Gasteiger partial charge in [-0.25, -0.2) is 18.4 Å². The van der Waals surface area contributed by atoms with E-state index in [1.165, 1.54) is 24.4 Å². The molecule has 0 amide bonds. The van der Waals surface area contributed by atoms with E-state index in [9.17, 15) is 8.42 Å². The SMILES string of the molecule is CN(c1ncccc1CNc1nc(Nc2ccc3c(c2)CCNC3)ncc1Cl)S(C)(=O)=O. The monoisotopic (exact) mass is 473 g/mol. The Morgan fingerprint density at radius 2 is 2.06 bits per heavy atom. The molecule has 0 bridgehead atoms. The lowest BCUT2D eigenvalue weighted by atomic mass is 10.0. The van der Waals surface area contributed by atoms with Crippen molar-refractivity contribution < 1.29 is 8.42 Å². The number of aromatic nitrogens is 3. The van der Waals surface area contributed by atoms with E-state index in [1.807, 2.05) is 6.07 Å². The molecule has 0 radical (unpaired) electrons. The number of nitrogens with zero attached hydrogens (tertiary/aromatic N) is 4. The highest BCUT2D eigenvalue weighted by molar-refractivity contribution is 7.92. The second kappa shape index (κ2) is 9.27. The molecule has 0 saturated heterocycles. The molecule has 2 aromatic heterocycles. The van der Waals surface area contributed by atoms with Crippen LogP contribution in [0.5, 0.6) is 0 Å². The van der Waals surface area contributed by atoms with Crippen LogP contribution in [0.4, 0.5) is 23.3 Å². The summed E-state index contributed by atoms with van der Waals surface area (Å²) in [5, 5.41) is 10.1. The van der Waals surface area contributed by atoms with Gasteiger partial charge < -0.3 is 16.0 Å². The van der Waals surface area contributed by atoms with Gasteiger partial charge in [-0.15, -0.1) is 0 Å². The number of anilines is 4. The number of sulfonamides is 1. The van der Waals surface area contributed by atoms with Crippen LogP contribution >= 0.6 is 11.6 Å². The third-order valence-electron chi connectivity index (χ3n) is 5.20. The summed E-state index contributed by atoms with van der Waals surface area (Å²) in [6.07, 6.45) is 5.19. The maximum atomic E-state index is 11.9. The molecule has 0 aliphatic carbocycles. The van der Waals surface area contributed by atoms with Crippen molar-refractivity contribution in [2.75, 3.05) is 34.8 Å². The van der Waals surface area contributed by atoms with Gasteiger partial charge in [-0.2, -0.15) is 4.98 Å². The highest BCUT2D eigenvalue weighted by atomic mass is 35.5. The Labute approximate surface area is 192 Å². The Morgan fingerprint density at radius 1 is 1.22 bits per heavy atom. The maximum absolute atomic E-state index is 11.9. The molecule has 0 fully saturated rings. The van der Waals surface area contributed by atoms with E-state index in [2.05, 4.69) is 43.0 Å². The minimum absolute atomic E-state index is 0.283. The van der Waals surface area contributed by atoms with Crippen LogP contribution in [0.1, 0.15) is 16.7 Å². The van der Waals surface area contributed by atoms with E-state index in [1.54, 1.807) is 18.3 Å². The predicted molar refractivity (Wildman–Crippen MR) is 127 cm³/mol. The summed E-state index contributed by atoms with van der Waals surface area (Å²) in [6.45, 7) is 2.13. The standard InChI is InChI=1S/C21H24ClN7O2S/c1-29(32(2,30)31)20-16(4-3-8-24-20)12-25-19-18(22)13-26-21(28-19)27-17-6-5-15-11-23-9-7-14(15)10-17/h3-6,8,10,13,23H,7,9,11-12H2,1-2H3,(H2,25,26,27,28). The van der Waals surface area contributed by atoms with Gasteiger partial charge in [0.05, 0.1) is 12.5 Å². The lowest BCUT2D eigenvalue weighted by Crippen LogP contribution is -2.27. The van der Waals surface area contributed by atoms with Crippen molar-refractivity contribution in [2.45, 2.75) is 19.5 Å². The van der Waals surface area contributed by atoms with E-state index in [0.29, 0.717) is 28.2 Å². The number of pyridine rings is 1. The van der Waals surface area contributed by atoms with E-state index < -0.39 is 10.0 Å². The van der Waals surface area contributed by atoms with Crippen molar-refractivity contribution >= 4 is 44.9 Å². The first-order chi connectivity index (χ1) is 15.3. The second-order valence-electron chi connectivity index (χ2n) is 7.50. The number of hydrogen-bond donors (Lipinski definition) is 3. The van der Waals surface area contributed by atoms with Gasteiger partial charge in [0, 0.05) is 37.6 Å². The first kappa shape index (κ1) is 22.3. The summed E-state index contributed by atoms with van der Waals surface area (Å²) in [7, 11) is -1.97. The lowest BCUT2D eigenvalue weighted by Gasteiger charge is -2.19. The quantitative estimate of drug-likeness (QED) is 0.480. The van der Waals surface area contributed by atoms with Gasteiger partial charge in [-0.05, 0) is 42.3 Å². The van der Waals surface area contributed by atoms with Crippen LogP contribution in [0, 0.1) is 0 Å². The van der Waals surface area contributed by atoms with Crippen molar-refractivity contribution in [3.63, 3.8) is 0 Å². The average Bonchev–Trinajstić information content (AvgIpc) is 2.78. The zero-order valence-corrected chi connectivity index (χ0v) is 19.3. The Bertz CT molecular complexity index is 1240. The van der Waals surface area contributed by atoms with Gasteiger partial charge in [0.1, 0.15) is 10.8 Å². The Balaban J connectivity index is 1.51. The normalized spacial score (nSPS) is 13.3. The van der Waals surface area contributed by atoms with Crippen molar-refractivity contribution in [1.82, 2.24) is 20.3 Å². The maximum Gasteiger partial charge on any atom is 0.233 e. The van der Waals surface area contributed by atoms with Crippen molar-refractivity contribution in [3.8, 4) is 0 Å². The molecule has 0 atom stereocenters. The fourth-order valence-corrected chi connectivity index (χ4v) is 4.06. The summed E-state index contributed by atoms with van der Waals surface area (Å²) < 4.78 is 25.0. The highest BCUT2D eigenvalue weighted by Gasteiger charge is 2.17. The fraction of sp³-hybridized carbons (Fsp3) is 0.286. The topological polar surface area (TPSA) is 112 Å². The zero-order chi connectivity index (χ0) is 22.7. The zero-order valence-electron chi connectivity index (χ0n) is 17.8. The Kier molecular flexibility index (Phi) is 6.45. The summed E-state index contributed by atoms with van der Waals surface area (Å²) in [4.78, 5) is 13.0. The molecule has 0 saturated carbocycles. The molecule has 3 aromatic rings. The van der Waals surface area contributed by atoms with Crippen LogP contribution in [0.2, 0.25) is 5.02 Å². The summed E-state index contributed by atoms with van der Waals surface area (Å²) in [6, 6.07) is 9.76. The molecule has 3 N–H and O–H groups in total. The molecule has 32 heavy (non-hydrogen) atoms. The smallest absolute Gasteiger partial charge is 0.233 e. The molecule has 9 nitrogen and oxygen atoms in total. The first-order valence-corrected chi connectivity index (χ1v) is 12.3. The molecular weight excluding hydrogens is 450 g/mol. The number of halogens is 1. The van der Waals surface area contributed by atoms with E-state index in [-0.39, 0.29) is 6.54 Å². The van der Waals surface area contributed by atoms with Crippen molar-refractivity contribution in [3.05, 3.63) is 64.4 Å². The summed E-state index contributed by atoms with van der Waals surface area (Å²) in [5.74, 6) is 1.18. The average molecular weight is 474 g/mol. The van der Waals surface area contributed by atoms with Crippen LogP contribution in [-0.4, -0.2) is 43.2 Å². The van der Waals surface area contributed by atoms with Gasteiger partial charge in [-0.3, -0.25) is 4.31 Å². The molecule has 1 aliphatic rings. The van der Waals surface area contributed by atoms with Gasteiger partial charge in [0.25, 0.3) is 0 Å². The molecule has 11 heteroatoms. The number of hydrogen-bond acceptors (Lipinski definition) is 8. The number of nitrogens with one attached hydrogen (secondary N) is 3. The van der Waals surface area contributed by atoms with Crippen LogP contribution in [0.15, 0.2) is 42.7 Å². The molecule has 168 valence electrons. The summed E-state index contributed by atoms with van der Waals surface area (Å²) in [5.41, 5.74) is 4.20. The van der Waals surface area contributed by atoms with Crippen LogP contribution in [-0.2, 0) is 29.5 Å². The second-order valence-corrected chi connectivity index (χ2v) is 9.92. The Hall–Kier alpha value is -2.95. The Morgan fingerprint density at radius 3 is 2.88 bits per heavy atom. The van der Waals surface area contributed by atoms with Crippen LogP contribution in [0.25, 0.3) is 0 Å². The van der Waals surface area contributed by atoms with Crippen LogP contribution in [0.3, 0.4) is 0 Å². The third kappa shape index (κ3) is 5.09. The molecule has 1 aliphatic heterocycles. The van der Waals surface area contributed by atoms with E-state index in [0.717, 1.165) is 35.8 Å². The van der Waals surface area contributed by atoms with Gasteiger partial charge in [0.15, 0.2) is 5.82 Å². The molecule has 1 aromatic carbocycles. The number of rotatable bonds is 7. The minimum atomic E-state index is -3.44. The van der Waals surface area contributed by atoms with E-state index >= 15 is 0 Å². The van der Waals surface area contributed by atoms with E-state index in [4.69, 9.17) is 11.6 Å². The van der Waals surface area contributed by atoms with Crippen molar-refractivity contribution in [2.24, 2.45) is 0 Å². The predicted octanol–water partition coefficient (Wildman–Crippen LogP) is 2.92. The molecule has 0 unspecified atom stereocenters. The molecule has 0 spiro atoms. The molecule has 4 rings (SSSR count). The molecular formula is C21H24ClN7O2S. The minimum Gasteiger partial charge on any atom is -0.364 e. The number of fused-ring (bicyclic) bond motifs is 1. The fourth-order valence-electron chi connectivity index (χ4n) is 3.42. The van der Waals surface area contributed by atoms with Gasteiger partial charge in [-0.1, -0.05) is 23.7 Å². The highest BCUT2D eigenvalue weighted by Crippen LogP contribution is 2.25. The van der Waals surface area contributed by atoms with Crippen molar-refractivity contribution in [1.29, 1.82) is 0 Å². The summed E-state index contributed by atoms with van der Waals surface area (Å²) >= 11 is 6.29. The third-order valence-corrected chi connectivity index (χ3v) is 6.65. The van der Waals surface area contributed by atoms with Gasteiger partial charge >= 0.3 is 0 Å². The lowest BCUT2D eigenvalue weighted by molar-refractivity contribution is 0.599. The largest absolute Gasteiger partial charge is 0.364 e. The first-order valence-electron chi connectivity index (χ1n) is 10.0. The van der Waals surface area contributed by atoms with Crippen LogP contribution < -0.4 is 20.3 Å². The number of benzene rings is 1.